The van der Waals surface area contributed by atoms with E-state index in [0.717, 1.165) is 88.3 Å². The molecular weight excluding hydrogens is 775 g/mol. The van der Waals surface area contributed by atoms with Crippen molar-refractivity contribution in [2.24, 2.45) is 18.4 Å². The number of halogens is 2. The summed E-state index contributed by atoms with van der Waals surface area (Å²) in [4.78, 5) is 63.1. The number of carbonyl (C=O) groups excluding carboxylic acids is 3. The highest BCUT2D eigenvalue weighted by Crippen LogP contribution is 2.37. The average molecular weight is 827 g/mol. The summed E-state index contributed by atoms with van der Waals surface area (Å²) in [7, 11) is 3.92. The standard InChI is InChI=1S/C42H52F2N12O4/c1-42(2)23-53(24-42)33-16-19-54-38(47-33)28(20-45-54)39(58)46-29-22-55(49-35(29)37(43)44)27-10-8-25(9-11-27)21-50(3)26-14-17-52(18-15-26)30-6-5-7-31-36(30)51(4)41(60)56(31)32-12-13-34(57)48-40(32)59/h5-7,16,19-20,22,25-27,32,37H,8-15,17-18,21,23-24H2,1-4H3,(H,46,58)(H,48,57,59). The molecule has 3 amide bonds. The second kappa shape index (κ2) is 15.4. The van der Waals surface area contributed by atoms with Gasteiger partial charge in [0.1, 0.15) is 17.4 Å². The Hall–Kier alpha value is -5.65. The molecule has 0 spiro atoms. The summed E-state index contributed by atoms with van der Waals surface area (Å²) >= 11 is 0. The number of aryl methyl sites for hydroxylation is 1. The molecule has 60 heavy (non-hydrogen) atoms. The van der Waals surface area contributed by atoms with Crippen LogP contribution in [0, 0.1) is 11.3 Å². The molecule has 1 aliphatic carbocycles. The van der Waals surface area contributed by atoms with E-state index in [4.69, 9.17) is 4.98 Å². The number of piperidine rings is 2. The van der Waals surface area contributed by atoms with Gasteiger partial charge in [0.2, 0.25) is 11.8 Å². The lowest BCUT2D eigenvalue weighted by Gasteiger charge is -2.46. The van der Waals surface area contributed by atoms with Crippen molar-refractivity contribution < 1.29 is 23.2 Å². The van der Waals surface area contributed by atoms with Crippen molar-refractivity contribution in [3.05, 3.63) is 64.6 Å². The van der Waals surface area contributed by atoms with Gasteiger partial charge in [-0.2, -0.15) is 10.2 Å². The number of imide groups is 1. The highest BCUT2D eigenvalue weighted by Gasteiger charge is 2.36. The van der Waals surface area contributed by atoms with Crippen molar-refractivity contribution in [3.63, 3.8) is 0 Å². The van der Waals surface area contributed by atoms with Gasteiger partial charge in [-0.15, -0.1) is 0 Å². The molecule has 18 heteroatoms. The minimum absolute atomic E-state index is 0.00598. The maximum absolute atomic E-state index is 14.3. The van der Waals surface area contributed by atoms with Gasteiger partial charge in [-0.25, -0.2) is 23.1 Å². The van der Waals surface area contributed by atoms with Crippen LogP contribution in [0.2, 0.25) is 0 Å². The molecule has 1 aromatic carbocycles. The number of para-hydroxylation sites is 1. The zero-order valence-corrected chi connectivity index (χ0v) is 34.5. The Morgan fingerprint density at radius 3 is 2.47 bits per heavy atom. The van der Waals surface area contributed by atoms with E-state index in [9.17, 15) is 28.0 Å². The molecule has 0 radical (unpaired) electrons. The second-order valence-electron chi connectivity index (χ2n) is 18.0. The Labute approximate surface area is 345 Å². The van der Waals surface area contributed by atoms with Crippen LogP contribution in [0.4, 0.5) is 26.0 Å². The summed E-state index contributed by atoms with van der Waals surface area (Å²) in [6.07, 6.45) is 7.69. The molecule has 2 N–H and O–H groups in total. The van der Waals surface area contributed by atoms with Crippen LogP contribution in [0.3, 0.4) is 0 Å². The van der Waals surface area contributed by atoms with Crippen molar-refractivity contribution in [1.29, 1.82) is 0 Å². The van der Waals surface area contributed by atoms with Gasteiger partial charge in [-0.05, 0) is 81.5 Å². The van der Waals surface area contributed by atoms with Crippen LogP contribution < -0.4 is 26.1 Å². The van der Waals surface area contributed by atoms with Gasteiger partial charge >= 0.3 is 5.69 Å². The maximum Gasteiger partial charge on any atom is 0.329 e. The monoisotopic (exact) mass is 826 g/mol. The molecule has 3 aliphatic heterocycles. The first-order valence-corrected chi connectivity index (χ1v) is 21.0. The van der Waals surface area contributed by atoms with Crippen LogP contribution in [0.1, 0.15) is 99.8 Å². The molecule has 3 saturated heterocycles. The van der Waals surface area contributed by atoms with Crippen molar-refractivity contribution in [3.8, 4) is 0 Å². The van der Waals surface area contributed by atoms with Crippen LogP contribution in [-0.2, 0) is 16.6 Å². The summed E-state index contributed by atoms with van der Waals surface area (Å²) in [6.45, 7) is 8.63. The number of carbonyl (C=O) groups is 3. The molecule has 4 aromatic heterocycles. The van der Waals surface area contributed by atoms with Gasteiger partial charge in [0.15, 0.2) is 11.3 Å². The molecule has 1 saturated carbocycles. The Bertz CT molecular complexity index is 2520. The number of nitrogens with one attached hydrogen (secondary N) is 2. The maximum atomic E-state index is 14.3. The van der Waals surface area contributed by atoms with Crippen LogP contribution in [0.5, 0.6) is 0 Å². The number of aromatic nitrogens is 7. The summed E-state index contributed by atoms with van der Waals surface area (Å²) in [5, 5.41) is 13.6. The molecule has 16 nitrogen and oxygen atoms in total. The number of fused-ring (bicyclic) bond motifs is 2. The predicted octanol–water partition coefficient (Wildman–Crippen LogP) is 4.93. The van der Waals surface area contributed by atoms with E-state index >= 15 is 0 Å². The van der Waals surface area contributed by atoms with Crippen molar-refractivity contribution in [2.75, 3.05) is 54.9 Å². The number of amides is 3. The van der Waals surface area contributed by atoms with E-state index in [-0.39, 0.29) is 40.7 Å². The lowest BCUT2D eigenvalue weighted by Crippen LogP contribution is -2.53. The fourth-order valence-corrected chi connectivity index (χ4v) is 9.98. The molecule has 318 valence electrons. The Morgan fingerprint density at radius 2 is 1.77 bits per heavy atom. The van der Waals surface area contributed by atoms with E-state index < -0.39 is 30.0 Å². The number of hydrogen-bond donors (Lipinski definition) is 2. The first kappa shape index (κ1) is 39.8. The molecule has 9 rings (SSSR count). The van der Waals surface area contributed by atoms with Gasteiger partial charge in [-0.1, -0.05) is 19.9 Å². The fourth-order valence-electron chi connectivity index (χ4n) is 9.98. The van der Waals surface area contributed by atoms with Gasteiger partial charge < -0.3 is 20.0 Å². The normalized spacial score (nSPS) is 22.6. The van der Waals surface area contributed by atoms with E-state index in [0.29, 0.717) is 29.5 Å². The van der Waals surface area contributed by atoms with Crippen molar-refractivity contribution >= 4 is 51.6 Å². The molecule has 4 aliphatic rings. The zero-order chi connectivity index (χ0) is 42.0. The Kier molecular flexibility index (Phi) is 10.2. The SMILES string of the molecule is CN(CC1CCC(n2cc(NC(=O)c3cnn4ccc(N5CC(C)(C)C5)nc34)c(C(F)F)n2)CC1)C1CCN(c2cccc3c2n(C)c(=O)n3C2CCC(=O)NC2=O)CC1. The molecule has 5 aromatic rings. The summed E-state index contributed by atoms with van der Waals surface area (Å²) in [6, 6.07) is 7.29. The summed E-state index contributed by atoms with van der Waals surface area (Å²) in [5.74, 6) is -0.127. The highest BCUT2D eigenvalue weighted by atomic mass is 19.3. The fraction of sp³-hybridized carbons (Fsp3) is 0.548. The van der Waals surface area contributed by atoms with Crippen LogP contribution >= 0.6 is 0 Å². The number of alkyl halides is 2. The minimum Gasteiger partial charge on any atom is -0.370 e. The molecule has 1 unspecified atom stereocenters. The Balaban J connectivity index is 0.800. The van der Waals surface area contributed by atoms with Crippen molar-refractivity contribution in [2.45, 2.75) is 89.8 Å². The second-order valence-corrected chi connectivity index (χ2v) is 18.0. The van der Waals surface area contributed by atoms with Gasteiger partial charge in [0, 0.05) is 64.6 Å². The predicted molar refractivity (Wildman–Crippen MR) is 222 cm³/mol. The third-order valence-electron chi connectivity index (χ3n) is 13.1. The van der Waals surface area contributed by atoms with E-state index in [2.05, 4.69) is 56.4 Å². The van der Waals surface area contributed by atoms with E-state index in [1.165, 1.54) is 15.3 Å². The molecule has 4 fully saturated rings. The first-order chi connectivity index (χ1) is 28.7. The third kappa shape index (κ3) is 7.32. The average Bonchev–Trinajstić information content (AvgIpc) is 3.91. The van der Waals surface area contributed by atoms with Crippen LogP contribution in [-0.4, -0.2) is 102 Å². The third-order valence-corrected chi connectivity index (χ3v) is 13.1. The minimum atomic E-state index is -2.86. The number of anilines is 3. The van der Waals surface area contributed by atoms with Gasteiger partial charge in [-0.3, -0.25) is 33.5 Å². The van der Waals surface area contributed by atoms with E-state index in [1.54, 1.807) is 28.7 Å². The number of nitrogens with zero attached hydrogens (tertiary/aromatic N) is 10. The van der Waals surface area contributed by atoms with Gasteiger partial charge in [0.25, 0.3) is 12.3 Å². The number of rotatable bonds is 10. The number of imidazole rings is 1. The van der Waals surface area contributed by atoms with Crippen LogP contribution in [0.25, 0.3) is 16.7 Å². The quantitative estimate of drug-likeness (QED) is 0.185. The molecule has 1 atom stereocenters. The molecule has 7 heterocycles. The topological polar surface area (TPSA) is 160 Å². The lowest BCUT2D eigenvalue weighted by atomic mass is 9.84. The highest BCUT2D eigenvalue weighted by molar-refractivity contribution is 6.08. The summed E-state index contributed by atoms with van der Waals surface area (Å²) in [5.41, 5.74) is 2.45. The lowest BCUT2D eigenvalue weighted by molar-refractivity contribution is -0.135. The van der Waals surface area contributed by atoms with Crippen molar-refractivity contribution in [1.82, 2.24) is 43.7 Å². The number of hydrogen-bond acceptors (Lipinski definition) is 10. The first-order valence-electron chi connectivity index (χ1n) is 21.0. The molecular formula is C42H52F2N12O4. The molecule has 0 bridgehead atoms. The van der Waals surface area contributed by atoms with Gasteiger partial charge in [0.05, 0.1) is 34.6 Å². The smallest absolute Gasteiger partial charge is 0.329 e. The van der Waals surface area contributed by atoms with Crippen LogP contribution in [0.15, 0.2) is 47.7 Å². The largest absolute Gasteiger partial charge is 0.370 e. The van der Waals surface area contributed by atoms with E-state index in [1.807, 2.05) is 24.3 Å². The Morgan fingerprint density at radius 1 is 1.02 bits per heavy atom. The summed E-state index contributed by atoms with van der Waals surface area (Å²) < 4.78 is 34.9. The zero-order valence-electron chi connectivity index (χ0n) is 34.5. The number of benzene rings is 1.